The minimum Gasteiger partial charge on any atom is -0.346 e. The highest BCUT2D eigenvalue weighted by Gasteiger charge is 2.19. The molecule has 76 valence electrons. The van der Waals surface area contributed by atoms with Crippen molar-refractivity contribution in [1.29, 1.82) is 5.26 Å². The first-order valence-electron chi connectivity index (χ1n) is 4.83. The fourth-order valence-electron chi connectivity index (χ4n) is 1.82. The van der Waals surface area contributed by atoms with Crippen molar-refractivity contribution in [3.8, 4) is 6.07 Å². The predicted octanol–water partition coefficient (Wildman–Crippen LogP) is 3.57. The highest BCUT2D eigenvalue weighted by atomic mass is 79.9. The number of hydrogen-bond acceptors (Lipinski definition) is 1. The Bertz CT molecular complexity index is 383. The molecule has 0 saturated heterocycles. The second-order valence-electron chi connectivity index (χ2n) is 3.67. The Kier molecular flexibility index (Phi) is 3.38. The van der Waals surface area contributed by atoms with Crippen LogP contribution in [0.15, 0.2) is 4.47 Å². The molecule has 0 N–H and O–H groups in total. The van der Waals surface area contributed by atoms with Crippen LogP contribution in [-0.4, -0.2) is 4.57 Å². The maximum absolute atomic E-state index is 9.02. The summed E-state index contributed by atoms with van der Waals surface area (Å²) in [5.74, 6) is 0.435. The number of nitriles is 1. The molecule has 0 fully saturated rings. The van der Waals surface area contributed by atoms with Crippen LogP contribution >= 0.6 is 15.9 Å². The van der Waals surface area contributed by atoms with Gasteiger partial charge in [-0.3, -0.25) is 0 Å². The molecular weight excluding hydrogens is 240 g/mol. The van der Waals surface area contributed by atoms with Gasteiger partial charge in [0.2, 0.25) is 0 Å². The van der Waals surface area contributed by atoms with Gasteiger partial charge in [-0.1, -0.05) is 13.8 Å². The zero-order valence-corrected chi connectivity index (χ0v) is 10.6. The summed E-state index contributed by atoms with van der Waals surface area (Å²) in [6.45, 7) is 9.31. The molecule has 1 heterocycles. The fraction of sp³-hybridized carbons (Fsp3) is 0.545. The molecule has 3 heteroatoms. The average Bonchev–Trinajstić information content (AvgIpc) is 2.37. The molecule has 1 aromatic rings. The second kappa shape index (κ2) is 4.18. The van der Waals surface area contributed by atoms with Gasteiger partial charge in [0.15, 0.2) is 0 Å². The van der Waals surface area contributed by atoms with E-state index in [9.17, 15) is 0 Å². The quantitative estimate of drug-likeness (QED) is 0.794. The van der Waals surface area contributed by atoms with Crippen molar-refractivity contribution in [3.63, 3.8) is 0 Å². The molecule has 2 nitrogen and oxygen atoms in total. The summed E-state index contributed by atoms with van der Waals surface area (Å²) in [6, 6.07) is 2.25. The first kappa shape index (κ1) is 11.3. The molecule has 0 amide bonds. The predicted molar refractivity (Wildman–Crippen MR) is 61.3 cm³/mol. The summed E-state index contributed by atoms with van der Waals surface area (Å²) < 4.78 is 3.17. The third kappa shape index (κ3) is 1.59. The lowest BCUT2D eigenvalue weighted by Gasteiger charge is -2.11. The first-order chi connectivity index (χ1) is 6.54. The number of halogens is 1. The molecule has 1 rings (SSSR count). The SMILES string of the molecule is CCn1c(C)c(C#N)c(Br)c1C(C)C. The van der Waals surface area contributed by atoms with Gasteiger partial charge in [-0.05, 0) is 35.7 Å². The lowest BCUT2D eigenvalue weighted by Crippen LogP contribution is -2.04. The Balaban J connectivity index is 3.50. The van der Waals surface area contributed by atoms with Crippen LogP contribution in [0.4, 0.5) is 0 Å². The van der Waals surface area contributed by atoms with Crippen LogP contribution in [0.1, 0.15) is 43.6 Å². The van der Waals surface area contributed by atoms with Gasteiger partial charge in [-0.25, -0.2) is 0 Å². The van der Waals surface area contributed by atoms with Gasteiger partial charge in [-0.15, -0.1) is 0 Å². The Morgan fingerprint density at radius 1 is 1.50 bits per heavy atom. The molecule has 0 atom stereocenters. The summed E-state index contributed by atoms with van der Waals surface area (Å²) in [4.78, 5) is 0. The van der Waals surface area contributed by atoms with E-state index in [-0.39, 0.29) is 0 Å². The molecule has 0 aromatic carbocycles. The first-order valence-corrected chi connectivity index (χ1v) is 5.62. The maximum Gasteiger partial charge on any atom is 0.102 e. The Labute approximate surface area is 93.7 Å². The molecular formula is C11H15BrN2. The van der Waals surface area contributed by atoms with Crippen molar-refractivity contribution >= 4 is 15.9 Å². The van der Waals surface area contributed by atoms with Crippen molar-refractivity contribution < 1.29 is 0 Å². The molecule has 1 aromatic heterocycles. The Morgan fingerprint density at radius 3 is 2.36 bits per heavy atom. The highest BCUT2D eigenvalue weighted by Crippen LogP contribution is 2.32. The van der Waals surface area contributed by atoms with E-state index in [4.69, 9.17) is 5.26 Å². The van der Waals surface area contributed by atoms with Crippen molar-refractivity contribution in [3.05, 3.63) is 21.4 Å². The zero-order chi connectivity index (χ0) is 10.9. The number of nitrogens with zero attached hydrogens (tertiary/aromatic N) is 2. The minimum atomic E-state index is 0.435. The van der Waals surface area contributed by atoms with Crippen LogP contribution in [-0.2, 0) is 6.54 Å². The molecule has 0 radical (unpaired) electrons. The van der Waals surface area contributed by atoms with E-state index in [2.05, 4.69) is 47.3 Å². The summed E-state index contributed by atoms with van der Waals surface area (Å²) in [5.41, 5.74) is 3.06. The van der Waals surface area contributed by atoms with Crippen LogP contribution in [0.25, 0.3) is 0 Å². The molecule has 0 spiro atoms. The largest absolute Gasteiger partial charge is 0.346 e. The highest BCUT2D eigenvalue weighted by molar-refractivity contribution is 9.10. The molecule has 0 bridgehead atoms. The molecule has 0 saturated carbocycles. The Morgan fingerprint density at radius 2 is 2.07 bits per heavy atom. The van der Waals surface area contributed by atoms with Crippen LogP contribution < -0.4 is 0 Å². The topological polar surface area (TPSA) is 28.7 Å². The van der Waals surface area contributed by atoms with Gasteiger partial charge in [0.25, 0.3) is 0 Å². The van der Waals surface area contributed by atoms with Gasteiger partial charge in [0.1, 0.15) is 6.07 Å². The fourth-order valence-corrected chi connectivity index (χ4v) is 2.87. The number of aromatic nitrogens is 1. The van der Waals surface area contributed by atoms with E-state index in [0.717, 1.165) is 22.3 Å². The lowest BCUT2D eigenvalue weighted by atomic mass is 10.1. The zero-order valence-electron chi connectivity index (χ0n) is 9.06. The van der Waals surface area contributed by atoms with Crippen molar-refractivity contribution in [2.24, 2.45) is 0 Å². The second-order valence-corrected chi connectivity index (χ2v) is 4.46. The smallest absolute Gasteiger partial charge is 0.102 e. The monoisotopic (exact) mass is 254 g/mol. The van der Waals surface area contributed by atoms with Crippen LogP contribution in [0.3, 0.4) is 0 Å². The molecule has 0 aliphatic rings. The number of rotatable bonds is 2. The van der Waals surface area contributed by atoms with E-state index in [1.54, 1.807) is 0 Å². The summed E-state index contributed by atoms with van der Waals surface area (Å²) in [7, 11) is 0. The van der Waals surface area contributed by atoms with Crippen LogP contribution in [0, 0.1) is 18.3 Å². The average molecular weight is 255 g/mol. The van der Waals surface area contributed by atoms with E-state index in [0.29, 0.717) is 5.92 Å². The molecule has 0 aliphatic heterocycles. The van der Waals surface area contributed by atoms with E-state index >= 15 is 0 Å². The van der Waals surface area contributed by atoms with E-state index in [1.165, 1.54) is 5.69 Å². The third-order valence-electron chi connectivity index (χ3n) is 2.48. The van der Waals surface area contributed by atoms with Gasteiger partial charge in [-0.2, -0.15) is 5.26 Å². The van der Waals surface area contributed by atoms with Crippen molar-refractivity contribution in [2.75, 3.05) is 0 Å². The molecule has 0 aliphatic carbocycles. The van der Waals surface area contributed by atoms with E-state index < -0.39 is 0 Å². The van der Waals surface area contributed by atoms with E-state index in [1.807, 2.05) is 6.92 Å². The number of hydrogen-bond donors (Lipinski definition) is 0. The van der Waals surface area contributed by atoms with Crippen molar-refractivity contribution in [2.45, 2.75) is 40.2 Å². The Hall–Kier alpha value is -0.750. The lowest BCUT2D eigenvalue weighted by molar-refractivity contribution is 0.655. The van der Waals surface area contributed by atoms with Gasteiger partial charge >= 0.3 is 0 Å². The third-order valence-corrected chi connectivity index (χ3v) is 3.28. The summed E-state index contributed by atoms with van der Waals surface area (Å²) >= 11 is 3.51. The van der Waals surface area contributed by atoms with Gasteiger partial charge in [0, 0.05) is 17.9 Å². The summed E-state index contributed by atoms with van der Waals surface area (Å²) in [6.07, 6.45) is 0. The normalized spacial score (nSPS) is 10.6. The minimum absolute atomic E-state index is 0.435. The van der Waals surface area contributed by atoms with Crippen molar-refractivity contribution in [1.82, 2.24) is 4.57 Å². The molecule has 14 heavy (non-hydrogen) atoms. The molecule has 0 unspecified atom stereocenters. The van der Waals surface area contributed by atoms with Crippen LogP contribution in [0.2, 0.25) is 0 Å². The van der Waals surface area contributed by atoms with Gasteiger partial charge < -0.3 is 4.57 Å². The maximum atomic E-state index is 9.02. The van der Waals surface area contributed by atoms with Crippen LogP contribution in [0.5, 0.6) is 0 Å². The van der Waals surface area contributed by atoms with Gasteiger partial charge in [0.05, 0.1) is 10.0 Å². The summed E-state index contributed by atoms with van der Waals surface area (Å²) in [5, 5.41) is 9.02. The standard InChI is InChI=1S/C11H15BrN2/c1-5-14-8(4)9(6-13)10(12)11(14)7(2)3/h7H,5H2,1-4H3.